The molecular weight excluding hydrogens is 256 g/mol. The molecule has 5 nitrogen and oxygen atoms in total. The minimum atomic E-state index is -1.12. The monoisotopic (exact) mass is 276 g/mol. The van der Waals surface area contributed by atoms with Crippen LogP contribution < -0.4 is 0 Å². The number of carbonyl (C=O) groups is 2. The van der Waals surface area contributed by atoms with Gasteiger partial charge < -0.3 is 10.0 Å². The maximum absolute atomic E-state index is 12.5. The highest BCUT2D eigenvalue weighted by Gasteiger charge is 2.28. The summed E-state index contributed by atoms with van der Waals surface area (Å²) in [7, 11) is 1.74. The lowest BCUT2D eigenvalue weighted by Crippen LogP contribution is -2.40. The summed E-state index contributed by atoms with van der Waals surface area (Å²) in [5, 5.41) is 9.14. The SMILES string of the molecule is CC1CCCC(N(C)C(=O)c2ncccc2C(=O)O)C1. The number of carbonyl (C=O) groups excluding carboxylic acids is 1. The number of hydrogen-bond donors (Lipinski definition) is 1. The zero-order chi connectivity index (χ0) is 14.7. The van der Waals surface area contributed by atoms with Crippen molar-refractivity contribution < 1.29 is 14.7 Å². The van der Waals surface area contributed by atoms with E-state index in [0.29, 0.717) is 5.92 Å². The average Bonchev–Trinajstić information content (AvgIpc) is 2.45. The first kappa shape index (κ1) is 14.5. The summed E-state index contributed by atoms with van der Waals surface area (Å²) >= 11 is 0. The number of hydrogen-bond acceptors (Lipinski definition) is 3. The standard InChI is InChI=1S/C15H20N2O3/c1-10-5-3-6-11(9-10)17(2)14(18)13-12(15(19)20)7-4-8-16-13/h4,7-8,10-11H,3,5-6,9H2,1-2H3,(H,19,20). The van der Waals surface area contributed by atoms with Gasteiger partial charge in [0.1, 0.15) is 5.69 Å². The first-order valence-electron chi connectivity index (χ1n) is 6.96. The molecule has 2 rings (SSSR count). The molecule has 1 amide bonds. The molecule has 0 radical (unpaired) electrons. The van der Waals surface area contributed by atoms with Gasteiger partial charge in [0.2, 0.25) is 0 Å². The number of pyridine rings is 1. The lowest BCUT2D eigenvalue weighted by molar-refractivity contribution is 0.0635. The third-order valence-electron chi connectivity index (χ3n) is 4.02. The molecule has 0 saturated heterocycles. The minimum Gasteiger partial charge on any atom is -0.478 e. The van der Waals surface area contributed by atoms with Crippen LogP contribution >= 0.6 is 0 Å². The molecule has 2 unspecified atom stereocenters. The number of aromatic carboxylic acids is 1. The number of nitrogens with zero attached hydrogens (tertiary/aromatic N) is 2. The molecule has 0 aliphatic heterocycles. The predicted octanol–water partition coefficient (Wildman–Crippen LogP) is 2.43. The molecule has 1 aliphatic rings. The minimum absolute atomic E-state index is 0.0285. The Morgan fingerprint density at radius 1 is 1.40 bits per heavy atom. The van der Waals surface area contributed by atoms with Crippen LogP contribution in [0.5, 0.6) is 0 Å². The Morgan fingerprint density at radius 3 is 2.80 bits per heavy atom. The molecule has 2 atom stereocenters. The fourth-order valence-corrected chi connectivity index (χ4v) is 2.84. The molecule has 0 bridgehead atoms. The lowest BCUT2D eigenvalue weighted by atomic mass is 9.86. The molecule has 1 saturated carbocycles. The van der Waals surface area contributed by atoms with Gasteiger partial charge in [0.25, 0.3) is 5.91 Å². The van der Waals surface area contributed by atoms with Crippen LogP contribution in [-0.2, 0) is 0 Å². The molecule has 5 heteroatoms. The number of amides is 1. The van der Waals surface area contributed by atoms with Gasteiger partial charge in [0, 0.05) is 19.3 Å². The van der Waals surface area contributed by atoms with E-state index in [4.69, 9.17) is 5.11 Å². The van der Waals surface area contributed by atoms with E-state index in [1.54, 1.807) is 11.9 Å². The van der Waals surface area contributed by atoms with Gasteiger partial charge in [0.15, 0.2) is 0 Å². The van der Waals surface area contributed by atoms with Gasteiger partial charge in [-0.05, 0) is 30.9 Å². The molecule has 1 fully saturated rings. The Bertz CT molecular complexity index is 516. The predicted molar refractivity (Wildman–Crippen MR) is 74.7 cm³/mol. The summed E-state index contributed by atoms with van der Waals surface area (Å²) in [6.07, 6.45) is 5.70. The van der Waals surface area contributed by atoms with Crippen LogP contribution in [0.3, 0.4) is 0 Å². The third-order valence-corrected chi connectivity index (χ3v) is 4.02. The molecule has 1 aromatic heterocycles. The van der Waals surface area contributed by atoms with E-state index in [2.05, 4.69) is 11.9 Å². The highest BCUT2D eigenvalue weighted by Crippen LogP contribution is 2.27. The van der Waals surface area contributed by atoms with E-state index in [-0.39, 0.29) is 23.2 Å². The van der Waals surface area contributed by atoms with Crippen LogP contribution in [0, 0.1) is 5.92 Å². The second-order valence-electron chi connectivity index (χ2n) is 5.55. The fourth-order valence-electron chi connectivity index (χ4n) is 2.84. The summed E-state index contributed by atoms with van der Waals surface area (Å²) in [4.78, 5) is 29.3. The highest BCUT2D eigenvalue weighted by atomic mass is 16.4. The summed E-state index contributed by atoms with van der Waals surface area (Å²) in [6, 6.07) is 3.12. The molecule has 1 aromatic rings. The van der Waals surface area contributed by atoms with Gasteiger partial charge >= 0.3 is 5.97 Å². The molecular formula is C15H20N2O3. The van der Waals surface area contributed by atoms with E-state index in [0.717, 1.165) is 19.3 Å². The van der Waals surface area contributed by atoms with Gasteiger partial charge in [-0.1, -0.05) is 19.8 Å². The van der Waals surface area contributed by atoms with Gasteiger partial charge in [0.05, 0.1) is 5.56 Å². The summed E-state index contributed by atoms with van der Waals surface area (Å²) in [5.41, 5.74) is -0.00562. The normalized spacial score (nSPS) is 22.3. The first-order chi connectivity index (χ1) is 9.50. The Balaban J connectivity index is 2.20. The van der Waals surface area contributed by atoms with Gasteiger partial charge in [-0.2, -0.15) is 0 Å². The Morgan fingerprint density at radius 2 is 2.15 bits per heavy atom. The Labute approximate surface area is 118 Å². The fraction of sp³-hybridized carbons (Fsp3) is 0.533. The van der Waals surface area contributed by atoms with Crippen molar-refractivity contribution in [2.24, 2.45) is 5.92 Å². The highest BCUT2D eigenvalue weighted by molar-refractivity contribution is 6.03. The first-order valence-corrected chi connectivity index (χ1v) is 6.96. The number of carboxylic acid groups (broad SMARTS) is 1. The lowest BCUT2D eigenvalue weighted by Gasteiger charge is -2.34. The third kappa shape index (κ3) is 2.98. The molecule has 1 N–H and O–H groups in total. The zero-order valence-electron chi connectivity index (χ0n) is 11.9. The Hall–Kier alpha value is -1.91. The maximum atomic E-state index is 12.5. The van der Waals surface area contributed by atoms with Crippen molar-refractivity contribution in [1.29, 1.82) is 0 Å². The summed E-state index contributed by atoms with van der Waals surface area (Å²) < 4.78 is 0. The van der Waals surface area contributed by atoms with Crippen LogP contribution in [0.2, 0.25) is 0 Å². The molecule has 108 valence electrons. The van der Waals surface area contributed by atoms with Crippen LogP contribution in [0.15, 0.2) is 18.3 Å². The topological polar surface area (TPSA) is 70.5 Å². The maximum Gasteiger partial charge on any atom is 0.338 e. The molecule has 1 aliphatic carbocycles. The second-order valence-corrected chi connectivity index (χ2v) is 5.55. The van der Waals surface area contributed by atoms with Crippen LogP contribution in [0.4, 0.5) is 0 Å². The van der Waals surface area contributed by atoms with Crippen molar-refractivity contribution >= 4 is 11.9 Å². The van der Waals surface area contributed by atoms with Crippen molar-refractivity contribution in [3.05, 3.63) is 29.6 Å². The Kier molecular flexibility index (Phi) is 4.37. The largest absolute Gasteiger partial charge is 0.478 e. The van der Waals surface area contributed by atoms with Crippen LogP contribution in [0.1, 0.15) is 53.5 Å². The quantitative estimate of drug-likeness (QED) is 0.920. The molecule has 0 aromatic carbocycles. The zero-order valence-corrected chi connectivity index (χ0v) is 11.9. The van der Waals surface area contributed by atoms with Gasteiger partial charge in [-0.25, -0.2) is 4.79 Å². The van der Waals surface area contributed by atoms with E-state index < -0.39 is 5.97 Å². The smallest absolute Gasteiger partial charge is 0.338 e. The second kappa shape index (κ2) is 6.03. The van der Waals surface area contributed by atoms with Crippen LogP contribution in [-0.4, -0.2) is 40.0 Å². The molecule has 0 spiro atoms. The van der Waals surface area contributed by atoms with Crippen molar-refractivity contribution in [1.82, 2.24) is 9.88 Å². The van der Waals surface area contributed by atoms with Crippen molar-refractivity contribution in [3.8, 4) is 0 Å². The number of aromatic nitrogens is 1. The summed E-state index contributed by atoms with van der Waals surface area (Å²) in [6.45, 7) is 2.19. The number of carboxylic acids is 1. The van der Waals surface area contributed by atoms with E-state index >= 15 is 0 Å². The average molecular weight is 276 g/mol. The van der Waals surface area contributed by atoms with E-state index in [1.165, 1.54) is 24.8 Å². The van der Waals surface area contributed by atoms with Gasteiger partial charge in [-0.3, -0.25) is 9.78 Å². The molecule has 20 heavy (non-hydrogen) atoms. The van der Waals surface area contributed by atoms with Crippen LogP contribution in [0.25, 0.3) is 0 Å². The van der Waals surface area contributed by atoms with Crippen molar-refractivity contribution in [3.63, 3.8) is 0 Å². The summed E-state index contributed by atoms with van der Waals surface area (Å²) in [5.74, 6) is -0.819. The van der Waals surface area contributed by atoms with E-state index in [9.17, 15) is 9.59 Å². The van der Waals surface area contributed by atoms with Crippen molar-refractivity contribution in [2.75, 3.05) is 7.05 Å². The molecule has 1 heterocycles. The number of rotatable bonds is 3. The van der Waals surface area contributed by atoms with Gasteiger partial charge in [-0.15, -0.1) is 0 Å². The van der Waals surface area contributed by atoms with E-state index in [1.807, 2.05) is 0 Å². The van der Waals surface area contributed by atoms with Crippen molar-refractivity contribution in [2.45, 2.75) is 38.6 Å².